The molecule has 2 amide bonds. The highest BCUT2D eigenvalue weighted by Gasteiger charge is 2.41. The number of carbonyl (C=O) groups is 2. The van der Waals surface area contributed by atoms with Gasteiger partial charge in [-0.3, -0.25) is 14.5 Å². The Morgan fingerprint density at radius 1 is 1.16 bits per heavy atom. The van der Waals surface area contributed by atoms with Crippen molar-refractivity contribution in [2.75, 3.05) is 39.3 Å². The number of nitrogens with one attached hydrogen (secondary N) is 1. The molecule has 0 aliphatic carbocycles. The number of carbonyl (C=O) groups excluding carboxylic acids is 2. The highest BCUT2D eigenvalue weighted by atomic mass is 16.5. The van der Waals surface area contributed by atoms with Crippen molar-refractivity contribution < 1.29 is 14.3 Å². The van der Waals surface area contributed by atoms with E-state index >= 15 is 0 Å². The zero-order valence-corrected chi connectivity index (χ0v) is 14.5. The molecule has 0 aromatic heterocycles. The standard InChI is InChI=1S/C19H25N3O3/c23-17(22-10-3-4-11-22)12-21-9-5-8-19(14-21)13-20-18(24)15-6-1-2-7-16(15)25-19/h1-2,6-7H,3-5,8-14H2,(H,20,24). The van der Waals surface area contributed by atoms with Gasteiger partial charge in [-0.1, -0.05) is 12.1 Å². The number of amides is 2. The fourth-order valence-electron chi connectivity index (χ4n) is 4.16. The van der Waals surface area contributed by atoms with E-state index in [-0.39, 0.29) is 11.8 Å². The molecule has 6 nitrogen and oxygen atoms in total. The summed E-state index contributed by atoms with van der Waals surface area (Å²) in [5, 5.41) is 3.00. The van der Waals surface area contributed by atoms with Crippen LogP contribution in [0.3, 0.4) is 0 Å². The molecule has 3 aliphatic rings. The third-order valence-corrected chi connectivity index (χ3v) is 5.47. The van der Waals surface area contributed by atoms with E-state index in [1.165, 1.54) is 0 Å². The van der Waals surface area contributed by atoms with Crippen LogP contribution in [0.25, 0.3) is 0 Å². The molecule has 6 heteroatoms. The van der Waals surface area contributed by atoms with Crippen molar-refractivity contribution in [3.63, 3.8) is 0 Å². The maximum atomic E-state index is 12.5. The highest BCUT2D eigenvalue weighted by Crippen LogP contribution is 2.32. The summed E-state index contributed by atoms with van der Waals surface area (Å²) >= 11 is 0. The Hall–Kier alpha value is -2.08. The number of hydrogen-bond acceptors (Lipinski definition) is 4. The summed E-state index contributed by atoms with van der Waals surface area (Å²) in [6.07, 6.45) is 4.07. The minimum atomic E-state index is -0.453. The zero-order chi connectivity index (χ0) is 17.3. The summed E-state index contributed by atoms with van der Waals surface area (Å²) < 4.78 is 6.34. The molecule has 3 aliphatic heterocycles. The Morgan fingerprint density at radius 3 is 2.80 bits per heavy atom. The molecule has 1 spiro atoms. The molecular formula is C19H25N3O3. The first-order valence-electron chi connectivity index (χ1n) is 9.22. The Bertz CT molecular complexity index is 672. The second-order valence-electron chi connectivity index (χ2n) is 7.37. The van der Waals surface area contributed by atoms with Gasteiger partial charge in [0.05, 0.1) is 18.7 Å². The molecule has 134 valence electrons. The summed E-state index contributed by atoms with van der Waals surface area (Å²) in [5.74, 6) is 0.774. The number of benzene rings is 1. The van der Waals surface area contributed by atoms with E-state index in [2.05, 4.69) is 10.2 Å². The molecule has 0 radical (unpaired) electrons. The minimum absolute atomic E-state index is 0.0854. The average Bonchev–Trinajstić information content (AvgIpc) is 3.11. The monoisotopic (exact) mass is 343 g/mol. The van der Waals surface area contributed by atoms with Gasteiger partial charge in [-0.15, -0.1) is 0 Å². The first kappa shape index (κ1) is 16.4. The van der Waals surface area contributed by atoms with Gasteiger partial charge < -0.3 is 15.0 Å². The summed E-state index contributed by atoms with van der Waals surface area (Å²) in [6, 6.07) is 7.39. The van der Waals surface area contributed by atoms with Crippen LogP contribution >= 0.6 is 0 Å². The molecule has 0 bridgehead atoms. The molecule has 1 atom stereocenters. The van der Waals surface area contributed by atoms with Crippen LogP contribution in [-0.4, -0.2) is 66.5 Å². The largest absolute Gasteiger partial charge is 0.483 e. The Balaban J connectivity index is 1.48. The first-order valence-corrected chi connectivity index (χ1v) is 9.22. The third kappa shape index (κ3) is 3.35. The van der Waals surface area contributed by atoms with Gasteiger partial charge in [0.1, 0.15) is 11.4 Å². The van der Waals surface area contributed by atoms with Crippen molar-refractivity contribution in [3.05, 3.63) is 29.8 Å². The minimum Gasteiger partial charge on any atom is -0.483 e. The molecule has 1 aromatic carbocycles. The maximum absolute atomic E-state index is 12.5. The lowest BCUT2D eigenvalue weighted by Crippen LogP contribution is -2.58. The molecule has 25 heavy (non-hydrogen) atoms. The molecule has 2 saturated heterocycles. The fraction of sp³-hybridized carbons (Fsp3) is 0.579. The number of likely N-dealkylation sites (tertiary alicyclic amines) is 2. The van der Waals surface area contributed by atoms with Crippen molar-refractivity contribution in [2.24, 2.45) is 0 Å². The molecular weight excluding hydrogens is 318 g/mol. The summed E-state index contributed by atoms with van der Waals surface area (Å²) in [6.45, 7) is 4.27. The number of rotatable bonds is 2. The SMILES string of the molecule is O=C1NCC2(CCCN(CC(=O)N3CCCC3)C2)Oc2ccccc21. The summed E-state index contributed by atoms with van der Waals surface area (Å²) in [7, 11) is 0. The maximum Gasteiger partial charge on any atom is 0.255 e. The van der Waals surface area contributed by atoms with E-state index < -0.39 is 5.60 Å². The molecule has 1 aromatic rings. The smallest absolute Gasteiger partial charge is 0.255 e. The van der Waals surface area contributed by atoms with Gasteiger partial charge in [0.15, 0.2) is 0 Å². The van der Waals surface area contributed by atoms with Gasteiger partial charge >= 0.3 is 0 Å². The van der Waals surface area contributed by atoms with E-state index in [1.807, 2.05) is 23.1 Å². The quantitative estimate of drug-likeness (QED) is 0.878. The number of nitrogens with zero attached hydrogens (tertiary/aromatic N) is 2. The Morgan fingerprint density at radius 2 is 1.96 bits per heavy atom. The average molecular weight is 343 g/mol. The van der Waals surface area contributed by atoms with E-state index in [1.54, 1.807) is 6.07 Å². The second-order valence-corrected chi connectivity index (χ2v) is 7.37. The summed E-state index contributed by atoms with van der Waals surface area (Å²) in [4.78, 5) is 28.9. The normalized spacial score (nSPS) is 26.7. The number of piperidine rings is 1. The van der Waals surface area contributed by atoms with Crippen LogP contribution in [-0.2, 0) is 4.79 Å². The van der Waals surface area contributed by atoms with Gasteiger partial charge in [-0.25, -0.2) is 0 Å². The van der Waals surface area contributed by atoms with E-state index in [0.29, 0.717) is 30.9 Å². The Kier molecular flexibility index (Phi) is 4.37. The van der Waals surface area contributed by atoms with Gasteiger partial charge in [0, 0.05) is 19.6 Å². The summed E-state index contributed by atoms with van der Waals surface area (Å²) in [5.41, 5.74) is 0.135. The highest BCUT2D eigenvalue weighted by molar-refractivity contribution is 5.97. The fourth-order valence-corrected chi connectivity index (χ4v) is 4.16. The zero-order valence-electron chi connectivity index (χ0n) is 14.5. The molecule has 4 rings (SSSR count). The lowest BCUT2D eigenvalue weighted by molar-refractivity contribution is -0.132. The third-order valence-electron chi connectivity index (χ3n) is 5.47. The van der Waals surface area contributed by atoms with Crippen molar-refractivity contribution in [2.45, 2.75) is 31.3 Å². The van der Waals surface area contributed by atoms with Crippen molar-refractivity contribution >= 4 is 11.8 Å². The van der Waals surface area contributed by atoms with Gasteiger partial charge in [-0.05, 0) is 44.4 Å². The second kappa shape index (κ2) is 6.67. The van der Waals surface area contributed by atoms with Gasteiger partial charge in [0.2, 0.25) is 5.91 Å². The van der Waals surface area contributed by atoms with Crippen molar-refractivity contribution in [1.82, 2.24) is 15.1 Å². The van der Waals surface area contributed by atoms with Crippen molar-refractivity contribution in [3.8, 4) is 5.75 Å². The molecule has 1 N–H and O–H groups in total. The van der Waals surface area contributed by atoms with Crippen molar-refractivity contribution in [1.29, 1.82) is 0 Å². The first-order chi connectivity index (χ1) is 12.2. The van der Waals surface area contributed by atoms with Crippen LogP contribution in [0.2, 0.25) is 0 Å². The van der Waals surface area contributed by atoms with Crippen LogP contribution in [0.5, 0.6) is 5.75 Å². The lowest BCUT2D eigenvalue weighted by atomic mass is 9.92. The molecule has 2 fully saturated rings. The van der Waals surface area contributed by atoms with E-state index in [9.17, 15) is 9.59 Å². The van der Waals surface area contributed by atoms with Crippen LogP contribution in [0.4, 0.5) is 0 Å². The predicted molar refractivity (Wildman–Crippen MR) is 93.6 cm³/mol. The lowest BCUT2D eigenvalue weighted by Gasteiger charge is -2.42. The van der Waals surface area contributed by atoms with Crippen LogP contribution < -0.4 is 10.1 Å². The Labute approximate surface area is 148 Å². The molecule has 1 unspecified atom stereocenters. The predicted octanol–water partition coefficient (Wildman–Crippen LogP) is 1.27. The topological polar surface area (TPSA) is 61.9 Å². The van der Waals surface area contributed by atoms with Gasteiger partial charge in [0.25, 0.3) is 5.91 Å². The number of para-hydroxylation sites is 1. The number of fused-ring (bicyclic) bond motifs is 1. The molecule has 0 saturated carbocycles. The van der Waals surface area contributed by atoms with Crippen LogP contribution in [0.15, 0.2) is 24.3 Å². The molecule has 3 heterocycles. The van der Waals surface area contributed by atoms with E-state index in [4.69, 9.17) is 4.74 Å². The van der Waals surface area contributed by atoms with Crippen LogP contribution in [0, 0.1) is 0 Å². The van der Waals surface area contributed by atoms with Crippen LogP contribution in [0.1, 0.15) is 36.0 Å². The number of hydrogen-bond donors (Lipinski definition) is 1. The van der Waals surface area contributed by atoms with Gasteiger partial charge in [-0.2, -0.15) is 0 Å². The number of ether oxygens (including phenoxy) is 1. The van der Waals surface area contributed by atoms with E-state index in [0.717, 1.165) is 45.3 Å².